The number of anilines is 1. The summed E-state index contributed by atoms with van der Waals surface area (Å²) >= 11 is 1.28. The van der Waals surface area contributed by atoms with Crippen molar-refractivity contribution < 1.29 is 14.4 Å². The van der Waals surface area contributed by atoms with Crippen molar-refractivity contribution >= 4 is 45.9 Å². The Morgan fingerprint density at radius 2 is 1.97 bits per heavy atom. The molecule has 0 saturated carbocycles. The minimum absolute atomic E-state index is 0.00733. The van der Waals surface area contributed by atoms with Crippen LogP contribution in [0.4, 0.5) is 11.4 Å². The maximum atomic E-state index is 12.9. The summed E-state index contributed by atoms with van der Waals surface area (Å²) in [5.41, 5.74) is 4.10. The topological polar surface area (TPSA) is 78.8 Å². The van der Waals surface area contributed by atoms with Crippen molar-refractivity contribution in [2.75, 3.05) is 11.9 Å². The predicted octanol–water partition coefficient (Wildman–Crippen LogP) is 4.65. The predicted molar refractivity (Wildman–Crippen MR) is 126 cm³/mol. The van der Waals surface area contributed by atoms with Gasteiger partial charge in [0.2, 0.25) is 11.8 Å². The molecule has 6 nitrogen and oxygen atoms in total. The first-order chi connectivity index (χ1) is 14.8. The van der Waals surface area contributed by atoms with Gasteiger partial charge in [0.15, 0.2) is 11.0 Å². The summed E-state index contributed by atoms with van der Waals surface area (Å²) in [7, 11) is 0. The number of carbonyl (C=O) groups excluding carboxylic acids is 3. The monoisotopic (exact) mass is 435 g/mol. The van der Waals surface area contributed by atoms with Crippen LogP contribution in [-0.4, -0.2) is 39.5 Å². The lowest BCUT2D eigenvalue weighted by atomic mass is 10.1. The number of amides is 2. The van der Waals surface area contributed by atoms with Crippen LogP contribution in [-0.2, 0) is 9.59 Å². The zero-order chi connectivity index (χ0) is 22.5. The summed E-state index contributed by atoms with van der Waals surface area (Å²) < 4.78 is 0. The summed E-state index contributed by atoms with van der Waals surface area (Å²) in [5.74, 6) is -0.539. The number of nitrogens with one attached hydrogen (secondary N) is 1. The second-order valence-corrected chi connectivity index (χ2v) is 8.57. The Balaban J connectivity index is 1.75. The zero-order valence-electron chi connectivity index (χ0n) is 17.8. The Bertz CT molecular complexity index is 1080. The van der Waals surface area contributed by atoms with Crippen molar-refractivity contribution in [1.29, 1.82) is 0 Å². The molecule has 0 spiro atoms. The van der Waals surface area contributed by atoms with Gasteiger partial charge in [-0.3, -0.25) is 19.3 Å². The molecule has 1 fully saturated rings. The van der Waals surface area contributed by atoms with Gasteiger partial charge in [0.05, 0.1) is 5.69 Å². The number of ketones is 1. The number of carbonyl (C=O) groups is 3. The molecular weight excluding hydrogens is 410 g/mol. The Kier molecular flexibility index (Phi) is 7.07. The van der Waals surface area contributed by atoms with Gasteiger partial charge in [-0.2, -0.15) is 0 Å². The van der Waals surface area contributed by atoms with Crippen molar-refractivity contribution in [3.05, 3.63) is 71.8 Å². The first-order valence-electron chi connectivity index (χ1n) is 9.94. The number of aryl methyl sites for hydroxylation is 2. The molecule has 1 heterocycles. The van der Waals surface area contributed by atoms with E-state index in [-0.39, 0.29) is 24.0 Å². The first-order valence-corrected chi connectivity index (χ1v) is 10.8. The number of aliphatic imine (C=N–C) groups is 1. The van der Waals surface area contributed by atoms with E-state index in [0.717, 1.165) is 11.3 Å². The van der Waals surface area contributed by atoms with E-state index in [0.29, 0.717) is 23.0 Å². The van der Waals surface area contributed by atoms with E-state index in [4.69, 9.17) is 0 Å². The molecule has 0 radical (unpaired) electrons. The number of hydrogen-bond acceptors (Lipinski definition) is 5. The van der Waals surface area contributed by atoms with Gasteiger partial charge in [0.1, 0.15) is 5.25 Å². The molecule has 3 rings (SSSR count). The normalized spacial score (nSPS) is 17.1. The van der Waals surface area contributed by atoms with Gasteiger partial charge in [0, 0.05) is 24.2 Å². The van der Waals surface area contributed by atoms with Crippen molar-refractivity contribution in [2.24, 2.45) is 4.99 Å². The molecule has 1 N–H and O–H groups in total. The molecule has 1 atom stereocenters. The smallest absolute Gasteiger partial charge is 0.242 e. The number of thioether (sulfide) groups is 1. The molecule has 31 heavy (non-hydrogen) atoms. The van der Waals surface area contributed by atoms with Gasteiger partial charge < -0.3 is 5.32 Å². The third kappa shape index (κ3) is 5.49. The lowest BCUT2D eigenvalue weighted by Crippen LogP contribution is -2.33. The number of hydrogen-bond donors (Lipinski definition) is 1. The van der Waals surface area contributed by atoms with E-state index in [2.05, 4.69) is 16.9 Å². The Morgan fingerprint density at radius 1 is 1.19 bits per heavy atom. The average molecular weight is 436 g/mol. The quantitative estimate of drug-likeness (QED) is 0.507. The Hall–Kier alpha value is -3.19. The van der Waals surface area contributed by atoms with E-state index >= 15 is 0 Å². The molecule has 2 aromatic carbocycles. The van der Waals surface area contributed by atoms with Crippen LogP contribution in [0.5, 0.6) is 0 Å². The van der Waals surface area contributed by atoms with Crippen LogP contribution < -0.4 is 5.32 Å². The van der Waals surface area contributed by atoms with Crippen LogP contribution in [0, 0.1) is 13.8 Å². The van der Waals surface area contributed by atoms with Crippen LogP contribution in [0.2, 0.25) is 0 Å². The fourth-order valence-electron chi connectivity index (χ4n) is 3.12. The highest BCUT2D eigenvalue weighted by Gasteiger charge is 2.38. The molecule has 0 unspecified atom stereocenters. The van der Waals surface area contributed by atoms with Gasteiger partial charge in [-0.15, -0.1) is 6.58 Å². The molecule has 1 aliphatic rings. The van der Waals surface area contributed by atoms with Crippen molar-refractivity contribution in [3.8, 4) is 0 Å². The largest absolute Gasteiger partial charge is 0.326 e. The van der Waals surface area contributed by atoms with E-state index in [1.165, 1.54) is 24.2 Å². The van der Waals surface area contributed by atoms with Crippen molar-refractivity contribution in [2.45, 2.75) is 32.4 Å². The third-order valence-electron chi connectivity index (χ3n) is 4.97. The van der Waals surface area contributed by atoms with E-state index in [1.54, 1.807) is 35.2 Å². The van der Waals surface area contributed by atoms with E-state index in [9.17, 15) is 14.4 Å². The lowest BCUT2D eigenvalue weighted by molar-refractivity contribution is -0.127. The highest BCUT2D eigenvalue weighted by atomic mass is 32.2. The van der Waals surface area contributed by atoms with Gasteiger partial charge in [0.25, 0.3) is 0 Å². The Labute approximate surface area is 186 Å². The van der Waals surface area contributed by atoms with Crippen LogP contribution in [0.3, 0.4) is 0 Å². The minimum atomic E-state index is -0.568. The molecule has 0 aliphatic carbocycles. The molecule has 0 bridgehead atoms. The van der Waals surface area contributed by atoms with Crippen LogP contribution in [0.25, 0.3) is 0 Å². The minimum Gasteiger partial charge on any atom is -0.326 e. The summed E-state index contributed by atoms with van der Waals surface area (Å²) in [5, 5.41) is 2.77. The zero-order valence-corrected chi connectivity index (χ0v) is 18.7. The highest BCUT2D eigenvalue weighted by Crippen LogP contribution is 2.32. The van der Waals surface area contributed by atoms with Gasteiger partial charge in [-0.25, -0.2) is 4.99 Å². The fourth-order valence-corrected chi connectivity index (χ4v) is 4.29. The molecule has 1 aliphatic heterocycles. The van der Waals surface area contributed by atoms with Crippen molar-refractivity contribution in [1.82, 2.24) is 4.90 Å². The summed E-state index contributed by atoms with van der Waals surface area (Å²) in [6.07, 6.45) is 1.65. The molecule has 7 heteroatoms. The molecular formula is C24H25N3O3S. The molecule has 2 aromatic rings. The number of benzene rings is 2. The fraction of sp³-hybridized carbons (Fsp3) is 0.250. The maximum absolute atomic E-state index is 12.9. The van der Waals surface area contributed by atoms with Gasteiger partial charge >= 0.3 is 0 Å². The van der Waals surface area contributed by atoms with Crippen LogP contribution in [0.15, 0.2) is 60.1 Å². The van der Waals surface area contributed by atoms with Crippen LogP contribution >= 0.6 is 11.8 Å². The average Bonchev–Trinajstić information content (AvgIpc) is 3.00. The van der Waals surface area contributed by atoms with Crippen LogP contribution in [0.1, 0.15) is 34.8 Å². The first kappa shape index (κ1) is 22.5. The molecule has 0 aromatic heterocycles. The van der Waals surface area contributed by atoms with E-state index in [1.807, 2.05) is 32.0 Å². The molecule has 1 saturated heterocycles. The maximum Gasteiger partial charge on any atom is 0.242 e. The third-order valence-corrected chi connectivity index (χ3v) is 6.15. The number of nitrogens with zero attached hydrogens (tertiary/aromatic N) is 2. The van der Waals surface area contributed by atoms with Crippen molar-refractivity contribution in [3.63, 3.8) is 0 Å². The number of Topliss-reactive ketones (excluding diaryl/α,β-unsaturated/α-hetero) is 1. The van der Waals surface area contributed by atoms with E-state index < -0.39 is 5.25 Å². The van der Waals surface area contributed by atoms with Gasteiger partial charge in [-0.1, -0.05) is 36.0 Å². The summed E-state index contributed by atoms with van der Waals surface area (Å²) in [6, 6.07) is 12.6. The molecule has 160 valence electrons. The standard InChI is InChI=1S/C24H25N3O3S/c1-5-11-27-23(30)21(31-24(27)26-20-10-9-15(2)16(3)12-20)14-22(29)25-19-8-6-7-18(13-19)17(4)28/h5-10,12-13,21H,1,11,14H2,2-4H3,(H,25,29)/t21-/m1/s1. The summed E-state index contributed by atoms with van der Waals surface area (Å²) in [4.78, 5) is 43.2. The number of rotatable bonds is 7. The second kappa shape index (κ2) is 9.75. The Morgan fingerprint density at radius 3 is 2.65 bits per heavy atom. The second-order valence-electron chi connectivity index (χ2n) is 7.40. The number of amidine groups is 1. The molecule has 2 amide bonds. The SMILES string of the molecule is C=CCN1C(=O)[C@@H](CC(=O)Nc2cccc(C(C)=O)c2)SC1=Nc1ccc(C)c(C)c1. The van der Waals surface area contributed by atoms with Gasteiger partial charge in [-0.05, 0) is 56.2 Å². The highest BCUT2D eigenvalue weighted by molar-refractivity contribution is 8.15. The summed E-state index contributed by atoms with van der Waals surface area (Å²) in [6.45, 7) is 9.57. The lowest BCUT2D eigenvalue weighted by Gasteiger charge is -2.14.